The van der Waals surface area contributed by atoms with E-state index in [4.69, 9.17) is 9.88 Å². The summed E-state index contributed by atoms with van der Waals surface area (Å²) in [5, 5.41) is 5.02. The van der Waals surface area contributed by atoms with E-state index in [-0.39, 0.29) is 12.2 Å². The van der Waals surface area contributed by atoms with Gasteiger partial charge in [-0.25, -0.2) is 26.7 Å². The van der Waals surface area contributed by atoms with Crippen LogP contribution >= 0.6 is 15.9 Å². The molecule has 0 aliphatic carbocycles. The maximum atomic E-state index is 12.5. The van der Waals surface area contributed by atoms with Crippen molar-refractivity contribution < 1.29 is 39.5 Å². The molecule has 0 aliphatic heterocycles. The van der Waals surface area contributed by atoms with Crippen LogP contribution in [0.2, 0.25) is 0 Å². The van der Waals surface area contributed by atoms with Gasteiger partial charge < -0.3 is 4.74 Å². The molecule has 0 aromatic heterocycles. The van der Waals surface area contributed by atoms with Gasteiger partial charge in [-0.3, -0.25) is 4.79 Å². The van der Waals surface area contributed by atoms with Gasteiger partial charge in [0.05, 0.1) is 19.6 Å². The van der Waals surface area contributed by atoms with Gasteiger partial charge in [-0.1, -0.05) is 28.1 Å². The zero-order chi connectivity index (χ0) is 23.4. The number of rotatable bonds is 8. The Balaban J connectivity index is 2.21. The van der Waals surface area contributed by atoms with Crippen molar-refractivity contribution in [2.45, 2.75) is 29.0 Å². The van der Waals surface area contributed by atoms with E-state index in [1.54, 1.807) is 4.72 Å². The summed E-state index contributed by atoms with van der Waals surface area (Å²) in [5.74, 6) is -1.09. The van der Waals surface area contributed by atoms with Crippen LogP contribution in [0.5, 0.6) is 0 Å². The highest BCUT2D eigenvalue weighted by molar-refractivity contribution is 9.10. The Hall–Kier alpha value is -2.00. The summed E-state index contributed by atoms with van der Waals surface area (Å²) in [5.41, 5.74) is 0.159. The summed E-state index contributed by atoms with van der Waals surface area (Å²) in [6.07, 6.45) is -5.52. The molecule has 8 nitrogen and oxygen atoms in total. The Morgan fingerprint density at radius 2 is 1.68 bits per heavy atom. The molecule has 0 spiro atoms. The number of nitrogens with one attached hydrogen (secondary N) is 1. The van der Waals surface area contributed by atoms with Crippen molar-refractivity contribution >= 4 is 41.9 Å². The first-order chi connectivity index (χ1) is 14.2. The maximum absolute atomic E-state index is 12.5. The minimum absolute atomic E-state index is 0.144. The van der Waals surface area contributed by atoms with Gasteiger partial charge in [0.25, 0.3) is 15.9 Å². The maximum Gasteiger partial charge on any atom is 0.391 e. The summed E-state index contributed by atoms with van der Waals surface area (Å²) in [4.78, 5) is 11.0. The minimum Gasteiger partial charge on any atom is -0.376 e. The number of carbonyl (C=O) groups excluding carboxylic acids is 1. The third-order valence-corrected chi connectivity index (χ3v) is 7.03. The monoisotopic (exact) mass is 544 g/mol. The van der Waals surface area contributed by atoms with Gasteiger partial charge >= 0.3 is 6.18 Å². The molecule has 0 heterocycles. The number of carbonyl (C=O) groups is 1. The Morgan fingerprint density at radius 1 is 1.06 bits per heavy atom. The zero-order valence-corrected chi connectivity index (χ0v) is 18.7. The third-order valence-electron chi connectivity index (χ3n) is 3.77. The zero-order valence-electron chi connectivity index (χ0n) is 15.5. The fourth-order valence-electron chi connectivity index (χ4n) is 2.34. The number of primary sulfonamides is 1. The summed E-state index contributed by atoms with van der Waals surface area (Å²) >= 11 is 3.17. The van der Waals surface area contributed by atoms with Gasteiger partial charge in [-0.05, 0) is 35.9 Å². The van der Waals surface area contributed by atoms with Crippen LogP contribution in [0, 0.1) is 0 Å². The Labute approximate surface area is 184 Å². The fraction of sp³-hybridized carbons (Fsp3) is 0.235. The molecule has 170 valence electrons. The first-order valence-corrected chi connectivity index (χ1v) is 12.1. The molecule has 0 radical (unpaired) electrons. The number of hydrogen-bond donors (Lipinski definition) is 2. The molecule has 0 atom stereocenters. The average Bonchev–Trinajstić information content (AvgIpc) is 2.64. The van der Waals surface area contributed by atoms with E-state index < -0.39 is 54.9 Å². The van der Waals surface area contributed by atoms with Crippen molar-refractivity contribution in [1.82, 2.24) is 4.72 Å². The Kier molecular flexibility index (Phi) is 7.86. The molecule has 0 fully saturated rings. The highest BCUT2D eigenvalue weighted by Gasteiger charge is 2.27. The SMILES string of the molecule is NS(=O)(=O)c1ccccc1S(=O)(=O)NC(=O)c1ccc(Br)c(COCCC(F)(F)F)c1. The van der Waals surface area contributed by atoms with Gasteiger partial charge in [0.1, 0.15) is 9.79 Å². The molecule has 0 aliphatic rings. The van der Waals surface area contributed by atoms with Crippen molar-refractivity contribution in [3.63, 3.8) is 0 Å². The molecule has 2 aromatic rings. The Bertz CT molecular complexity index is 1180. The molecule has 31 heavy (non-hydrogen) atoms. The van der Waals surface area contributed by atoms with Gasteiger partial charge in [-0.2, -0.15) is 13.2 Å². The molecule has 0 bridgehead atoms. The van der Waals surface area contributed by atoms with Crippen molar-refractivity contribution in [2.75, 3.05) is 6.61 Å². The molecule has 2 rings (SSSR count). The van der Waals surface area contributed by atoms with Crippen molar-refractivity contribution in [2.24, 2.45) is 5.14 Å². The molecule has 14 heteroatoms. The number of alkyl halides is 3. The first-order valence-electron chi connectivity index (χ1n) is 8.32. The van der Waals surface area contributed by atoms with Crippen LogP contribution in [0.4, 0.5) is 13.2 Å². The standard InChI is InChI=1S/C17H16BrF3N2O6S2/c18-13-6-5-11(9-12(13)10-29-8-7-17(19,20)21)16(24)23-31(27,28)15-4-2-1-3-14(15)30(22,25)26/h1-6,9H,7-8,10H2,(H,23,24)(H2,22,25,26). The second kappa shape index (κ2) is 9.65. The highest BCUT2D eigenvalue weighted by atomic mass is 79.9. The molecular weight excluding hydrogens is 529 g/mol. The lowest BCUT2D eigenvalue weighted by Gasteiger charge is -2.12. The second-order valence-electron chi connectivity index (χ2n) is 6.15. The third kappa shape index (κ3) is 7.28. The van der Waals surface area contributed by atoms with Crippen LogP contribution in [0.15, 0.2) is 56.7 Å². The molecule has 1 amide bonds. The average molecular weight is 545 g/mol. The van der Waals surface area contributed by atoms with E-state index in [1.807, 2.05) is 0 Å². The minimum atomic E-state index is -4.61. The largest absolute Gasteiger partial charge is 0.391 e. The first kappa shape index (κ1) is 25.3. The number of benzene rings is 2. The van der Waals surface area contributed by atoms with E-state index in [2.05, 4.69) is 15.9 Å². The van der Waals surface area contributed by atoms with E-state index in [0.29, 0.717) is 10.0 Å². The van der Waals surface area contributed by atoms with Gasteiger partial charge in [0, 0.05) is 10.0 Å². The van der Waals surface area contributed by atoms with Crippen molar-refractivity contribution in [3.8, 4) is 0 Å². The van der Waals surface area contributed by atoms with E-state index in [0.717, 1.165) is 12.1 Å². The van der Waals surface area contributed by atoms with E-state index >= 15 is 0 Å². The van der Waals surface area contributed by atoms with Gasteiger partial charge in [-0.15, -0.1) is 0 Å². The quantitative estimate of drug-likeness (QED) is 0.491. The number of ether oxygens (including phenoxy) is 1. The highest BCUT2D eigenvalue weighted by Crippen LogP contribution is 2.23. The van der Waals surface area contributed by atoms with E-state index in [9.17, 15) is 34.8 Å². The van der Waals surface area contributed by atoms with Crippen LogP contribution < -0.4 is 9.86 Å². The molecule has 0 saturated heterocycles. The lowest BCUT2D eigenvalue weighted by Crippen LogP contribution is -2.32. The summed E-state index contributed by atoms with van der Waals surface area (Å²) in [6.45, 7) is -0.857. The molecule has 0 saturated carbocycles. The van der Waals surface area contributed by atoms with Crippen LogP contribution in [0.3, 0.4) is 0 Å². The topological polar surface area (TPSA) is 133 Å². The molecule has 2 aromatic carbocycles. The summed E-state index contributed by atoms with van der Waals surface area (Å²) in [6, 6.07) is 8.35. The number of hydrogen-bond acceptors (Lipinski definition) is 6. The van der Waals surface area contributed by atoms with E-state index in [1.165, 1.54) is 30.3 Å². The normalized spacial score (nSPS) is 12.5. The number of amides is 1. The van der Waals surface area contributed by atoms with Crippen LogP contribution in [0.1, 0.15) is 22.3 Å². The van der Waals surface area contributed by atoms with Crippen LogP contribution in [-0.4, -0.2) is 35.5 Å². The molecule has 3 N–H and O–H groups in total. The summed E-state index contributed by atoms with van der Waals surface area (Å²) in [7, 11) is -8.99. The Morgan fingerprint density at radius 3 is 2.26 bits per heavy atom. The number of nitrogens with two attached hydrogens (primary N) is 1. The number of sulfonamides is 2. The lowest BCUT2D eigenvalue weighted by atomic mass is 10.1. The second-order valence-corrected chi connectivity index (χ2v) is 10.2. The predicted octanol–water partition coefficient (Wildman–Crippen LogP) is 2.68. The lowest BCUT2D eigenvalue weighted by molar-refractivity contribution is -0.146. The molecule has 0 unspecified atom stereocenters. The fourth-order valence-corrected chi connectivity index (χ4v) is 5.06. The van der Waals surface area contributed by atoms with Crippen LogP contribution in [0.25, 0.3) is 0 Å². The van der Waals surface area contributed by atoms with Crippen molar-refractivity contribution in [3.05, 3.63) is 58.1 Å². The van der Waals surface area contributed by atoms with Gasteiger partial charge in [0.2, 0.25) is 10.0 Å². The molecular formula is C17H16BrF3N2O6S2. The van der Waals surface area contributed by atoms with Crippen molar-refractivity contribution in [1.29, 1.82) is 0 Å². The van der Waals surface area contributed by atoms with Gasteiger partial charge in [0.15, 0.2) is 0 Å². The summed E-state index contributed by atoms with van der Waals surface area (Å²) < 4.78 is 92.1. The smallest absolute Gasteiger partial charge is 0.376 e. The predicted molar refractivity (Wildman–Crippen MR) is 107 cm³/mol. The number of halogens is 4. The van der Waals surface area contributed by atoms with Crippen LogP contribution in [-0.2, 0) is 31.4 Å².